The van der Waals surface area contributed by atoms with Gasteiger partial charge in [-0.1, -0.05) is 0 Å². The van der Waals surface area contributed by atoms with Crippen LogP contribution in [0.25, 0.3) is 0 Å². The summed E-state index contributed by atoms with van der Waals surface area (Å²) in [5.41, 5.74) is 6.75. The van der Waals surface area contributed by atoms with E-state index in [0.29, 0.717) is 24.1 Å². The molecule has 1 aromatic carbocycles. The second-order valence-electron chi connectivity index (χ2n) is 6.24. The molecular weight excluding hydrogens is 266 g/mol. The van der Waals surface area contributed by atoms with Crippen molar-refractivity contribution in [3.63, 3.8) is 0 Å². The van der Waals surface area contributed by atoms with Crippen LogP contribution in [0, 0.1) is 0 Å². The number of benzene rings is 1. The molecule has 0 heterocycles. The highest BCUT2D eigenvalue weighted by Crippen LogP contribution is 2.12. The SMILES string of the molecule is CC(C)NC(=O)c1ccc(NC(=O)CCC(C)(C)N)cc1. The van der Waals surface area contributed by atoms with Crippen molar-refractivity contribution in [3.05, 3.63) is 29.8 Å². The lowest BCUT2D eigenvalue weighted by Gasteiger charge is -2.17. The van der Waals surface area contributed by atoms with Gasteiger partial charge in [-0.25, -0.2) is 0 Å². The second kappa shape index (κ2) is 7.22. The van der Waals surface area contributed by atoms with Crippen molar-refractivity contribution in [1.82, 2.24) is 5.32 Å². The lowest BCUT2D eigenvalue weighted by Crippen LogP contribution is -2.33. The first-order valence-corrected chi connectivity index (χ1v) is 7.17. The van der Waals surface area contributed by atoms with Crippen LogP contribution in [-0.2, 0) is 4.79 Å². The molecule has 0 saturated carbocycles. The third-order valence-electron chi connectivity index (χ3n) is 2.85. The highest BCUT2D eigenvalue weighted by Gasteiger charge is 2.13. The monoisotopic (exact) mass is 291 g/mol. The molecule has 0 spiro atoms. The van der Waals surface area contributed by atoms with Crippen molar-refractivity contribution in [3.8, 4) is 0 Å². The molecule has 0 aliphatic rings. The predicted octanol–water partition coefficient (Wildman–Crippen LogP) is 2.28. The molecule has 1 rings (SSSR count). The minimum Gasteiger partial charge on any atom is -0.350 e. The van der Waals surface area contributed by atoms with E-state index in [1.165, 1.54) is 0 Å². The molecule has 0 atom stereocenters. The number of hydrogen-bond acceptors (Lipinski definition) is 3. The first kappa shape index (κ1) is 17.2. The quantitative estimate of drug-likeness (QED) is 0.751. The van der Waals surface area contributed by atoms with Crippen molar-refractivity contribution >= 4 is 17.5 Å². The van der Waals surface area contributed by atoms with E-state index in [1.54, 1.807) is 24.3 Å². The molecule has 5 heteroatoms. The summed E-state index contributed by atoms with van der Waals surface area (Å²) in [5.74, 6) is -0.194. The number of amides is 2. The van der Waals surface area contributed by atoms with Crippen LogP contribution >= 0.6 is 0 Å². The van der Waals surface area contributed by atoms with E-state index >= 15 is 0 Å². The maximum absolute atomic E-state index is 11.8. The molecule has 1 aromatic rings. The van der Waals surface area contributed by atoms with Gasteiger partial charge in [0, 0.05) is 29.3 Å². The van der Waals surface area contributed by atoms with E-state index < -0.39 is 0 Å². The summed E-state index contributed by atoms with van der Waals surface area (Å²) in [5, 5.41) is 5.61. The van der Waals surface area contributed by atoms with Gasteiger partial charge in [-0.3, -0.25) is 9.59 Å². The molecular formula is C16H25N3O2. The molecule has 0 aliphatic carbocycles. The number of anilines is 1. The third-order valence-corrected chi connectivity index (χ3v) is 2.85. The molecule has 21 heavy (non-hydrogen) atoms. The lowest BCUT2D eigenvalue weighted by molar-refractivity contribution is -0.116. The average molecular weight is 291 g/mol. The van der Waals surface area contributed by atoms with E-state index in [4.69, 9.17) is 5.73 Å². The van der Waals surface area contributed by atoms with Gasteiger partial charge < -0.3 is 16.4 Å². The molecule has 0 aliphatic heterocycles. The zero-order valence-corrected chi connectivity index (χ0v) is 13.2. The van der Waals surface area contributed by atoms with Gasteiger partial charge in [-0.2, -0.15) is 0 Å². The first-order chi connectivity index (χ1) is 9.67. The molecule has 2 amide bonds. The number of hydrogen-bond donors (Lipinski definition) is 3. The Morgan fingerprint density at radius 3 is 2.24 bits per heavy atom. The summed E-state index contributed by atoms with van der Waals surface area (Å²) in [6.07, 6.45) is 0.993. The van der Waals surface area contributed by atoms with Gasteiger partial charge >= 0.3 is 0 Å². The zero-order valence-electron chi connectivity index (χ0n) is 13.2. The van der Waals surface area contributed by atoms with Gasteiger partial charge in [-0.15, -0.1) is 0 Å². The number of rotatable bonds is 6. The fourth-order valence-electron chi connectivity index (χ4n) is 1.71. The van der Waals surface area contributed by atoms with Gasteiger partial charge in [-0.05, 0) is 58.4 Å². The van der Waals surface area contributed by atoms with Crippen LogP contribution in [-0.4, -0.2) is 23.4 Å². The standard InChI is InChI=1S/C16H25N3O2/c1-11(2)18-15(21)12-5-7-13(8-6-12)19-14(20)9-10-16(3,4)17/h5-8,11H,9-10,17H2,1-4H3,(H,18,21)(H,19,20). The lowest BCUT2D eigenvalue weighted by atomic mass is 10.00. The van der Waals surface area contributed by atoms with Crippen molar-refractivity contribution < 1.29 is 9.59 Å². The summed E-state index contributed by atoms with van der Waals surface area (Å²) in [6, 6.07) is 6.93. The molecule has 0 aromatic heterocycles. The van der Waals surface area contributed by atoms with E-state index in [2.05, 4.69) is 10.6 Å². The van der Waals surface area contributed by atoms with Crippen LogP contribution < -0.4 is 16.4 Å². The van der Waals surface area contributed by atoms with Crippen LogP contribution in [0.3, 0.4) is 0 Å². The van der Waals surface area contributed by atoms with Crippen LogP contribution in [0.5, 0.6) is 0 Å². The maximum atomic E-state index is 11.8. The van der Waals surface area contributed by atoms with Gasteiger partial charge in [0.2, 0.25) is 5.91 Å². The van der Waals surface area contributed by atoms with Crippen molar-refractivity contribution in [1.29, 1.82) is 0 Å². The van der Waals surface area contributed by atoms with E-state index in [0.717, 1.165) is 0 Å². The second-order valence-corrected chi connectivity index (χ2v) is 6.24. The van der Waals surface area contributed by atoms with Crippen LogP contribution in [0.2, 0.25) is 0 Å². The normalized spacial score (nSPS) is 11.3. The molecule has 0 bridgehead atoms. The van der Waals surface area contributed by atoms with Gasteiger partial charge in [0.25, 0.3) is 5.91 Å². The van der Waals surface area contributed by atoms with Gasteiger partial charge in [0.15, 0.2) is 0 Å². The molecule has 0 saturated heterocycles. The number of nitrogens with two attached hydrogens (primary N) is 1. The van der Waals surface area contributed by atoms with Crippen molar-refractivity contribution in [2.24, 2.45) is 5.73 Å². The van der Waals surface area contributed by atoms with Gasteiger partial charge in [0.1, 0.15) is 0 Å². The Kier molecular flexibility index (Phi) is 5.90. The number of nitrogens with one attached hydrogen (secondary N) is 2. The van der Waals surface area contributed by atoms with Crippen LogP contribution in [0.4, 0.5) is 5.69 Å². The Hall–Kier alpha value is -1.88. The number of carbonyl (C=O) groups is 2. The van der Waals surface area contributed by atoms with Crippen molar-refractivity contribution in [2.45, 2.75) is 52.1 Å². The topological polar surface area (TPSA) is 84.2 Å². The fraction of sp³-hybridized carbons (Fsp3) is 0.500. The minimum atomic E-state index is -0.351. The summed E-state index contributed by atoms with van der Waals surface area (Å²) in [4.78, 5) is 23.6. The smallest absolute Gasteiger partial charge is 0.251 e. The fourth-order valence-corrected chi connectivity index (χ4v) is 1.71. The molecule has 0 unspecified atom stereocenters. The van der Waals surface area contributed by atoms with E-state index in [9.17, 15) is 9.59 Å². The van der Waals surface area contributed by atoms with Gasteiger partial charge in [0.05, 0.1) is 0 Å². The zero-order chi connectivity index (χ0) is 16.0. The minimum absolute atomic E-state index is 0.0760. The highest BCUT2D eigenvalue weighted by molar-refractivity contribution is 5.95. The van der Waals surface area contributed by atoms with Crippen LogP contribution in [0.15, 0.2) is 24.3 Å². The summed E-state index contributed by atoms with van der Waals surface area (Å²) in [7, 11) is 0. The van der Waals surface area contributed by atoms with E-state index in [-0.39, 0.29) is 23.4 Å². The third kappa shape index (κ3) is 6.90. The summed E-state index contributed by atoms with van der Waals surface area (Å²) in [6.45, 7) is 7.60. The van der Waals surface area contributed by atoms with Crippen LogP contribution in [0.1, 0.15) is 50.9 Å². The first-order valence-electron chi connectivity index (χ1n) is 7.17. The molecule has 0 fully saturated rings. The Morgan fingerprint density at radius 1 is 1.19 bits per heavy atom. The molecule has 0 radical (unpaired) electrons. The average Bonchev–Trinajstić information content (AvgIpc) is 2.35. The summed E-state index contributed by atoms with van der Waals surface area (Å²) >= 11 is 0. The van der Waals surface area contributed by atoms with Crippen molar-refractivity contribution in [2.75, 3.05) is 5.32 Å². The van der Waals surface area contributed by atoms with E-state index in [1.807, 2.05) is 27.7 Å². The Balaban J connectivity index is 2.55. The summed E-state index contributed by atoms with van der Waals surface area (Å²) < 4.78 is 0. The predicted molar refractivity (Wildman–Crippen MR) is 85.2 cm³/mol. The Labute approximate surface area is 126 Å². The maximum Gasteiger partial charge on any atom is 0.251 e. The Bertz CT molecular complexity index is 487. The Morgan fingerprint density at radius 2 is 1.76 bits per heavy atom. The highest BCUT2D eigenvalue weighted by atomic mass is 16.2. The molecule has 116 valence electrons. The molecule has 4 N–H and O–H groups in total. The molecule has 5 nitrogen and oxygen atoms in total. The number of carbonyl (C=O) groups excluding carboxylic acids is 2. The largest absolute Gasteiger partial charge is 0.350 e.